The molecule has 0 bridgehead atoms. The number of amides is 1. The first-order chi connectivity index (χ1) is 10.0. The Bertz CT molecular complexity index is 588. The van der Waals surface area contributed by atoms with Crippen LogP contribution in [0.2, 0.25) is 0 Å². The van der Waals surface area contributed by atoms with E-state index in [1.807, 2.05) is 0 Å². The van der Waals surface area contributed by atoms with Crippen LogP contribution in [0.4, 0.5) is 4.39 Å². The SMILES string of the molecule is CC1CCN(C(=O)c2ccc(C#CCO)cc2F)CC1C. The van der Waals surface area contributed by atoms with E-state index in [1.54, 1.807) is 11.0 Å². The van der Waals surface area contributed by atoms with Crippen LogP contribution in [0.25, 0.3) is 0 Å². The van der Waals surface area contributed by atoms with Crippen LogP contribution in [-0.4, -0.2) is 35.6 Å². The summed E-state index contributed by atoms with van der Waals surface area (Å²) in [5.74, 6) is 5.29. The van der Waals surface area contributed by atoms with Gasteiger partial charge in [0, 0.05) is 18.7 Å². The van der Waals surface area contributed by atoms with E-state index < -0.39 is 5.82 Å². The summed E-state index contributed by atoms with van der Waals surface area (Å²) in [6.07, 6.45) is 0.953. The fourth-order valence-electron chi connectivity index (χ4n) is 2.53. The maximum atomic E-state index is 14.1. The molecule has 1 saturated heterocycles. The Hall–Kier alpha value is -1.86. The van der Waals surface area contributed by atoms with Gasteiger partial charge < -0.3 is 10.0 Å². The van der Waals surface area contributed by atoms with Crippen molar-refractivity contribution in [3.8, 4) is 11.8 Å². The molecule has 1 aliphatic heterocycles. The number of likely N-dealkylation sites (tertiary alicyclic amines) is 1. The van der Waals surface area contributed by atoms with Gasteiger partial charge in [0.1, 0.15) is 12.4 Å². The molecule has 3 nitrogen and oxygen atoms in total. The van der Waals surface area contributed by atoms with Gasteiger partial charge in [0.2, 0.25) is 0 Å². The molecule has 2 unspecified atom stereocenters. The second-order valence-corrected chi connectivity index (χ2v) is 5.65. The zero-order valence-corrected chi connectivity index (χ0v) is 12.4. The second-order valence-electron chi connectivity index (χ2n) is 5.65. The van der Waals surface area contributed by atoms with E-state index >= 15 is 0 Å². The number of nitrogens with zero attached hydrogens (tertiary/aromatic N) is 1. The molecule has 4 heteroatoms. The predicted octanol–water partition coefficient (Wildman–Crippen LogP) is 2.29. The monoisotopic (exact) mass is 289 g/mol. The van der Waals surface area contributed by atoms with Crippen LogP contribution in [0.3, 0.4) is 0 Å². The maximum absolute atomic E-state index is 14.1. The summed E-state index contributed by atoms with van der Waals surface area (Å²) in [5, 5.41) is 8.63. The minimum atomic E-state index is -0.559. The summed E-state index contributed by atoms with van der Waals surface area (Å²) >= 11 is 0. The zero-order valence-electron chi connectivity index (χ0n) is 12.4. The van der Waals surface area contributed by atoms with E-state index in [0.717, 1.165) is 6.42 Å². The number of carbonyl (C=O) groups is 1. The third kappa shape index (κ3) is 3.62. The van der Waals surface area contributed by atoms with Crippen molar-refractivity contribution in [2.75, 3.05) is 19.7 Å². The Morgan fingerprint density at radius 2 is 2.19 bits per heavy atom. The molecule has 1 heterocycles. The van der Waals surface area contributed by atoms with Crippen molar-refractivity contribution in [3.05, 3.63) is 35.1 Å². The average Bonchev–Trinajstić information content (AvgIpc) is 2.47. The number of carbonyl (C=O) groups excluding carboxylic acids is 1. The number of aliphatic hydroxyl groups excluding tert-OH is 1. The van der Waals surface area contributed by atoms with Gasteiger partial charge in [0.25, 0.3) is 5.91 Å². The standard InChI is InChI=1S/C17H20FNO2/c1-12-7-8-19(11-13(12)2)17(21)15-6-5-14(4-3-9-20)10-16(15)18/h5-6,10,12-13,20H,7-9,11H2,1-2H3. The number of halogens is 1. The predicted molar refractivity (Wildman–Crippen MR) is 79.2 cm³/mol. The van der Waals surface area contributed by atoms with Crippen molar-refractivity contribution >= 4 is 5.91 Å². The van der Waals surface area contributed by atoms with Gasteiger partial charge in [0.15, 0.2) is 0 Å². The topological polar surface area (TPSA) is 40.5 Å². The smallest absolute Gasteiger partial charge is 0.256 e. The molecule has 0 radical (unpaired) electrons. The van der Waals surface area contributed by atoms with Crippen molar-refractivity contribution in [3.63, 3.8) is 0 Å². The fraction of sp³-hybridized carbons (Fsp3) is 0.471. The van der Waals surface area contributed by atoms with Gasteiger partial charge in [0.05, 0.1) is 5.56 Å². The lowest BCUT2D eigenvalue weighted by Crippen LogP contribution is -2.42. The highest BCUT2D eigenvalue weighted by molar-refractivity contribution is 5.94. The Labute approximate surface area is 124 Å². The van der Waals surface area contributed by atoms with Gasteiger partial charge in [-0.05, 0) is 36.5 Å². The third-order valence-corrected chi connectivity index (χ3v) is 4.13. The number of benzene rings is 1. The van der Waals surface area contributed by atoms with E-state index in [-0.39, 0.29) is 18.1 Å². The van der Waals surface area contributed by atoms with Crippen LogP contribution in [0, 0.1) is 29.5 Å². The number of piperidine rings is 1. The van der Waals surface area contributed by atoms with E-state index in [0.29, 0.717) is 30.5 Å². The summed E-state index contributed by atoms with van der Waals surface area (Å²) in [7, 11) is 0. The van der Waals surface area contributed by atoms with Gasteiger partial charge in [-0.25, -0.2) is 4.39 Å². The molecular formula is C17H20FNO2. The van der Waals surface area contributed by atoms with E-state index in [1.165, 1.54) is 12.1 Å². The Morgan fingerprint density at radius 3 is 2.81 bits per heavy atom. The molecule has 0 aliphatic carbocycles. The van der Waals surface area contributed by atoms with E-state index in [9.17, 15) is 9.18 Å². The van der Waals surface area contributed by atoms with Crippen molar-refractivity contribution in [1.29, 1.82) is 0 Å². The summed E-state index contributed by atoms with van der Waals surface area (Å²) in [6.45, 7) is 5.38. The largest absolute Gasteiger partial charge is 0.384 e. The van der Waals surface area contributed by atoms with Crippen molar-refractivity contribution in [2.24, 2.45) is 11.8 Å². The highest BCUT2D eigenvalue weighted by Gasteiger charge is 2.27. The van der Waals surface area contributed by atoms with Crippen molar-refractivity contribution in [1.82, 2.24) is 4.90 Å². The van der Waals surface area contributed by atoms with Crippen LogP contribution in [0.1, 0.15) is 36.2 Å². The lowest BCUT2D eigenvalue weighted by Gasteiger charge is -2.35. The Kier molecular flexibility index (Phi) is 4.98. The average molecular weight is 289 g/mol. The molecule has 112 valence electrons. The van der Waals surface area contributed by atoms with Crippen LogP contribution >= 0.6 is 0 Å². The van der Waals surface area contributed by atoms with Crippen LogP contribution in [0.15, 0.2) is 18.2 Å². The van der Waals surface area contributed by atoms with E-state index in [2.05, 4.69) is 25.7 Å². The molecule has 0 spiro atoms. The molecule has 2 rings (SSSR count). The Morgan fingerprint density at radius 1 is 1.43 bits per heavy atom. The molecule has 0 saturated carbocycles. The molecule has 1 aliphatic rings. The van der Waals surface area contributed by atoms with Gasteiger partial charge in [-0.1, -0.05) is 25.7 Å². The van der Waals surface area contributed by atoms with Crippen LogP contribution in [-0.2, 0) is 0 Å². The molecule has 1 fully saturated rings. The van der Waals surface area contributed by atoms with Gasteiger partial charge in [-0.15, -0.1) is 0 Å². The first kappa shape index (κ1) is 15.5. The molecule has 2 atom stereocenters. The fourth-order valence-corrected chi connectivity index (χ4v) is 2.53. The van der Waals surface area contributed by atoms with Crippen molar-refractivity contribution < 1.29 is 14.3 Å². The van der Waals surface area contributed by atoms with Crippen LogP contribution in [0.5, 0.6) is 0 Å². The highest BCUT2D eigenvalue weighted by Crippen LogP contribution is 2.24. The zero-order chi connectivity index (χ0) is 15.4. The lowest BCUT2D eigenvalue weighted by atomic mass is 9.88. The molecule has 1 amide bonds. The summed E-state index contributed by atoms with van der Waals surface area (Å²) in [6, 6.07) is 4.32. The normalized spacial score (nSPS) is 21.6. The Balaban J connectivity index is 2.16. The molecule has 21 heavy (non-hydrogen) atoms. The van der Waals surface area contributed by atoms with Gasteiger partial charge >= 0.3 is 0 Å². The number of rotatable bonds is 1. The quantitative estimate of drug-likeness (QED) is 0.806. The molecule has 1 aromatic rings. The minimum Gasteiger partial charge on any atom is -0.384 e. The van der Waals surface area contributed by atoms with Gasteiger partial charge in [-0.3, -0.25) is 4.79 Å². The molecule has 1 aromatic carbocycles. The first-order valence-electron chi connectivity index (χ1n) is 7.21. The third-order valence-electron chi connectivity index (χ3n) is 4.13. The number of hydrogen-bond acceptors (Lipinski definition) is 2. The summed E-state index contributed by atoms with van der Waals surface area (Å²) in [5.41, 5.74) is 0.546. The minimum absolute atomic E-state index is 0.0892. The van der Waals surface area contributed by atoms with Crippen molar-refractivity contribution in [2.45, 2.75) is 20.3 Å². The number of hydrogen-bond donors (Lipinski definition) is 1. The molecule has 0 aromatic heterocycles. The second kappa shape index (κ2) is 6.73. The highest BCUT2D eigenvalue weighted by atomic mass is 19.1. The van der Waals surface area contributed by atoms with Crippen LogP contribution < -0.4 is 0 Å². The summed E-state index contributed by atoms with van der Waals surface area (Å²) < 4.78 is 14.1. The van der Waals surface area contributed by atoms with Gasteiger partial charge in [-0.2, -0.15) is 0 Å². The maximum Gasteiger partial charge on any atom is 0.256 e. The first-order valence-corrected chi connectivity index (χ1v) is 7.21. The molecular weight excluding hydrogens is 269 g/mol. The van der Waals surface area contributed by atoms with E-state index in [4.69, 9.17) is 5.11 Å². The molecule has 1 N–H and O–H groups in total. The summed E-state index contributed by atoms with van der Waals surface area (Å²) in [4.78, 5) is 14.1. The number of aliphatic hydroxyl groups is 1. The lowest BCUT2D eigenvalue weighted by molar-refractivity contribution is 0.0623.